The van der Waals surface area contributed by atoms with Crippen molar-refractivity contribution < 1.29 is 33.5 Å². The van der Waals surface area contributed by atoms with E-state index in [1.165, 1.54) is 12.4 Å². The highest BCUT2D eigenvalue weighted by molar-refractivity contribution is 6.25. The summed E-state index contributed by atoms with van der Waals surface area (Å²) in [6.45, 7) is 4.14. The first-order valence-electron chi connectivity index (χ1n) is 21.3. The number of nitrogens with two attached hydrogens (primary N) is 1. The van der Waals surface area contributed by atoms with Crippen molar-refractivity contribution in [2.24, 2.45) is 0 Å². The Balaban J connectivity index is 0.750. The number of carbonyl (C=O) groups is 6. The molecule has 4 aliphatic rings. The minimum atomic E-state index is -1.08. The number of piperidine rings is 2. The molecule has 9 rings (SSSR count). The number of aromatic nitrogens is 4. The second kappa shape index (κ2) is 17.6. The van der Waals surface area contributed by atoms with E-state index in [-0.39, 0.29) is 48.4 Å². The molecule has 3 saturated heterocycles. The maximum atomic E-state index is 13.6. The summed E-state index contributed by atoms with van der Waals surface area (Å²) in [7, 11) is 0. The van der Waals surface area contributed by atoms with Crippen LogP contribution in [0.15, 0.2) is 79.1 Å². The van der Waals surface area contributed by atoms with Crippen LogP contribution in [0.5, 0.6) is 11.5 Å². The monoisotopic (exact) mass is 853 g/mol. The third kappa shape index (κ3) is 8.40. The number of nitrogens with zero attached hydrogens (tertiary/aromatic N) is 8. The van der Waals surface area contributed by atoms with Crippen molar-refractivity contribution in [3.63, 3.8) is 0 Å². The third-order valence-electron chi connectivity index (χ3n) is 12.2. The minimum Gasteiger partial charge on any atom is -0.457 e. The zero-order valence-corrected chi connectivity index (χ0v) is 34.6. The Labute approximate surface area is 362 Å². The van der Waals surface area contributed by atoms with Gasteiger partial charge >= 0.3 is 0 Å². The van der Waals surface area contributed by atoms with E-state index in [0.29, 0.717) is 86.1 Å². The largest absolute Gasteiger partial charge is 0.457 e. The van der Waals surface area contributed by atoms with Crippen molar-refractivity contribution in [1.82, 2.24) is 44.7 Å². The van der Waals surface area contributed by atoms with Gasteiger partial charge in [-0.25, -0.2) is 14.6 Å². The summed E-state index contributed by atoms with van der Waals surface area (Å²) in [4.78, 5) is 93.3. The van der Waals surface area contributed by atoms with Crippen LogP contribution in [0.3, 0.4) is 0 Å². The lowest BCUT2D eigenvalue weighted by atomic mass is 10.0. The van der Waals surface area contributed by atoms with Gasteiger partial charge < -0.3 is 25.6 Å². The molecule has 2 atom stereocenters. The molecule has 0 radical (unpaired) electrons. The number of piperazine rings is 1. The minimum absolute atomic E-state index is 0.0267. The quantitative estimate of drug-likeness (QED) is 0.153. The molecule has 2 unspecified atom stereocenters. The number of hydrogen-bond donors (Lipinski definition) is 3. The number of anilines is 2. The molecule has 4 aliphatic heterocycles. The summed E-state index contributed by atoms with van der Waals surface area (Å²) in [5.74, 6) is -0.661. The van der Waals surface area contributed by atoms with Gasteiger partial charge in [-0.3, -0.25) is 43.9 Å². The number of para-hydroxylation sites is 1. The topological polar surface area (TPSA) is 218 Å². The smallest absolute Gasteiger partial charge is 0.264 e. The third-order valence-corrected chi connectivity index (χ3v) is 12.2. The van der Waals surface area contributed by atoms with E-state index in [9.17, 15) is 28.8 Å². The van der Waals surface area contributed by atoms with Crippen molar-refractivity contribution in [2.45, 2.75) is 50.6 Å². The van der Waals surface area contributed by atoms with E-state index >= 15 is 0 Å². The van der Waals surface area contributed by atoms with E-state index in [2.05, 4.69) is 25.5 Å². The van der Waals surface area contributed by atoms with Gasteiger partial charge in [-0.05, 0) is 80.8 Å². The molecule has 4 N–H and O–H groups in total. The van der Waals surface area contributed by atoms with Crippen LogP contribution in [-0.4, -0.2) is 133 Å². The number of nitrogens with one attached hydrogen (secondary N) is 2. The predicted molar refractivity (Wildman–Crippen MR) is 230 cm³/mol. The van der Waals surface area contributed by atoms with Gasteiger partial charge in [0.1, 0.15) is 35.4 Å². The first kappa shape index (κ1) is 41.2. The van der Waals surface area contributed by atoms with Gasteiger partial charge in [0, 0.05) is 63.4 Å². The van der Waals surface area contributed by atoms with Crippen LogP contribution in [0, 0.1) is 0 Å². The van der Waals surface area contributed by atoms with E-state index < -0.39 is 29.7 Å². The number of benzene rings is 3. The Bertz CT molecular complexity index is 2590. The molecule has 2 aromatic heterocycles. The summed E-state index contributed by atoms with van der Waals surface area (Å²) in [6, 6.07) is 20.8. The fraction of sp³-hybridized carbons (Fsp3) is 0.356. The van der Waals surface area contributed by atoms with Crippen LogP contribution >= 0.6 is 0 Å². The molecule has 0 saturated carbocycles. The van der Waals surface area contributed by atoms with E-state index in [4.69, 9.17) is 15.6 Å². The zero-order chi connectivity index (χ0) is 43.6. The van der Waals surface area contributed by atoms with Crippen LogP contribution < -0.4 is 21.1 Å². The van der Waals surface area contributed by atoms with Gasteiger partial charge in [0.25, 0.3) is 11.8 Å². The zero-order valence-electron chi connectivity index (χ0n) is 34.6. The molecule has 0 bridgehead atoms. The molecule has 18 heteroatoms. The van der Waals surface area contributed by atoms with Crippen LogP contribution in [0.4, 0.5) is 11.5 Å². The maximum absolute atomic E-state index is 13.6. The molecular formula is C45H47N11O7. The average molecular weight is 854 g/mol. The Morgan fingerprint density at radius 2 is 1.60 bits per heavy atom. The van der Waals surface area contributed by atoms with E-state index in [1.807, 2.05) is 64.2 Å². The van der Waals surface area contributed by atoms with Crippen molar-refractivity contribution in [2.75, 3.05) is 63.4 Å². The van der Waals surface area contributed by atoms with Crippen molar-refractivity contribution in [3.8, 4) is 22.8 Å². The first-order chi connectivity index (χ1) is 30.6. The number of fused-ring (bicyclic) bond motifs is 2. The summed E-state index contributed by atoms with van der Waals surface area (Å²) < 4.78 is 7.88. The molecule has 6 heterocycles. The fourth-order valence-electron chi connectivity index (χ4n) is 8.92. The van der Waals surface area contributed by atoms with Crippen LogP contribution in [0.1, 0.15) is 65.3 Å². The van der Waals surface area contributed by atoms with Gasteiger partial charge in [-0.15, -0.1) is 0 Å². The molecular weight excluding hydrogens is 807 g/mol. The maximum Gasteiger partial charge on any atom is 0.264 e. The van der Waals surface area contributed by atoms with Crippen LogP contribution in [-0.2, 0) is 19.2 Å². The number of imide groups is 2. The standard InChI is InChI=1S/C45H47N11O7/c46-41-39-40(28-13-15-31(16-14-28)63-30-8-2-1-3-9-30)51-56(42(39)49-27-48-41)29-7-5-20-54(26-29)36(58)12-6-19-52-21-23-53(24-22-52)37(59)25-47-33-11-4-10-32-38(33)45(62)55(44(32)61)34-17-18-35(57)50-43(34)60/h1-4,8-11,13-16,27,29,34,47H,5-7,12,17-26H2,(H2,46,48,49)(H,50,57,60). The summed E-state index contributed by atoms with van der Waals surface area (Å²) >= 11 is 0. The molecule has 324 valence electrons. The SMILES string of the molecule is Nc1ncnc2c1c(-c1ccc(Oc3ccccc3)cc1)nn2C1CCCN(C(=O)CCCN2CCN(C(=O)CNc3cccc4c3C(=O)N(C3CCC(=O)NC3=O)C4=O)CC2)C1. The number of nitrogen functional groups attached to an aromatic ring is 1. The molecule has 18 nitrogen and oxygen atoms in total. The number of rotatable bonds is 12. The molecule has 6 amide bonds. The first-order valence-corrected chi connectivity index (χ1v) is 21.3. The van der Waals surface area contributed by atoms with Gasteiger partial charge in [0.05, 0.1) is 29.1 Å². The summed E-state index contributed by atoms with van der Waals surface area (Å²) in [5, 5.41) is 10.9. The van der Waals surface area contributed by atoms with Gasteiger partial charge in [0.2, 0.25) is 23.6 Å². The highest BCUT2D eigenvalue weighted by Crippen LogP contribution is 2.36. The molecule has 63 heavy (non-hydrogen) atoms. The lowest BCUT2D eigenvalue weighted by Crippen LogP contribution is -2.54. The highest BCUT2D eigenvalue weighted by Gasteiger charge is 2.45. The number of likely N-dealkylation sites (tertiary alicyclic amines) is 1. The lowest BCUT2D eigenvalue weighted by Gasteiger charge is -2.35. The Morgan fingerprint density at radius 1 is 0.825 bits per heavy atom. The molecule has 5 aromatic rings. The number of hydrogen-bond acceptors (Lipinski definition) is 13. The van der Waals surface area contributed by atoms with Gasteiger partial charge in [-0.2, -0.15) is 5.10 Å². The van der Waals surface area contributed by atoms with E-state index in [1.54, 1.807) is 17.0 Å². The van der Waals surface area contributed by atoms with Crippen molar-refractivity contribution >= 4 is 58.0 Å². The number of ether oxygens (including phenoxy) is 1. The fourth-order valence-corrected chi connectivity index (χ4v) is 8.92. The summed E-state index contributed by atoms with van der Waals surface area (Å²) in [5.41, 5.74) is 9.14. The van der Waals surface area contributed by atoms with Crippen molar-refractivity contribution in [1.29, 1.82) is 0 Å². The van der Waals surface area contributed by atoms with Gasteiger partial charge in [-0.1, -0.05) is 24.3 Å². The Morgan fingerprint density at radius 3 is 2.38 bits per heavy atom. The molecule has 0 spiro atoms. The van der Waals surface area contributed by atoms with Crippen LogP contribution in [0.25, 0.3) is 22.3 Å². The van der Waals surface area contributed by atoms with Crippen LogP contribution in [0.2, 0.25) is 0 Å². The molecule has 3 fully saturated rings. The van der Waals surface area contributed by atoms with E-state index in [0.717, 1.165) is 35.6 Å². The number of carbonyl (C=O) groups excluding carboxylic acids is 6. The molecule has 0 aliphatic carbocycles. The van der Waals surface area contributed by atoms with Gasteiger partial charge in [0.15, 0.2) is 5.65 Å². The summed E-state index contributed by atoms with van der Waals surface area (Å²) in [6.07, 6.45) is 4.27. The second-order valence-electron chi connectivity index (χ2n) is 16.2. The Hall–Kier alpha value is -7.21. The number of amides is 6. The molecule has 3 aromatic carbocycles. The highest BCUT2D eigenvalue weighted by atomic mass is 16.5. The predicted octanol–water partition coefficient (Wildman–Crippen LogP) is 3.47. The lowest BCUT2D eigenvalue weighted by molar-refractivity contribution is -0.136. The second-order valence-corrected chi connectivity index (χ2v) is 16.2. The average Bonchev–Trinajstić information content (AvgIpc) is 3.82. The Kier molecular flexibility index (Phi) is 11.5. The normalized spacial score (nSPS) is 19.3. The van der Waals surface area contributed by atoms with Crippen molar-refractivity contribution in [3.05, 3.63) is 90.3 Å².